The number of allylic oxidation sites excluding steroid dienone is 1. The summed E-state index contributed by atoms with van der Waals surface area (Å²) in [6.07, 6.45) is 1.68. The lowest BCUT2D eigenvalue weighted by Crippen LogP contribution is -1.90. The first-order chi connectivity index (χ1) is 11.3. The summed E-state index contributed by atoms with van der Waals surface area (Å²) in [5.41, 5.74) is 3.24. The minimum Gasteiger partial charge on any atom is -0.360 e. The summed E-state index contributed by atoms with van der Waals surface area (Å²) < 4.78 is 0. The molecule has 112 valence electrons. The number of thiazole rings is 1. The van der Waals surface area contributed by atoms with Crippen LogP contribution in [0.4, 0.5) is 5.69 Å². The topological polar surface area (TPSA) is 48.7 Å². The van der Waals surface area contributed by atoms with E-state index >= 15 is 0 Å². The molecule has 2 aromatic carbocycles. The maximum absolute atomic E-state index is 9.36. The number of halogens is 1. The van der Waals surface area contributed by atoms with Gasteiger partial charge in [0.05, 0.1) is 5.69 Å². The molecule has 0 bridgehead atoms. The van der Waals surface area contributed by atoms with Crippen LogP contribution in [0.3, 0.4) is 0 Å². The molecule has 0 aliphatic rings. The number of aromatic nitrogens is 1. The number of hydrogen-bond acceptors (Lipinski definition) is 4. The quantitative estimate of drug-likeness (QED) is 0.645. The zero-order valence-electron chi connectivity index (χ0n) is 12.0. The summed E-state index contributed by atoms with van der Waals surface area (Å²) in [5.74, 6) is 0. The highest BCUT2D eigenvalue weighted by Gasteiger charge is 2.09. The fourth-order valence-electron chi connectivity index (χ4n) is 1.98. The van der Waals surface area contributed by atoms with Crippen LogP contribution < -0.4 is 5.32 Å². The summed E-state index contributed by atoms with van der Waals surface area (Å²) in [6.45, 7) is 0. The third-order valence-corrected chi connectivity index (χ3v) is 4.28. The van der Waals surface area contributed by atoms with Crippen LogP contribution in [0.1, 0.15) is 5.01 Å². The number of benzene rings is 2. The molecule has 23 heavy (non-hydrogen) atoms. The van der Waals surface area contributed by atoms with Crippen LogP contribution in [0, 0.1) is 11.3 Å². The molecule has 0 saturated carbocycles. The molecule has 0 atom stereocenters. The van der Waals surface area contributed by atoms with Crippen LogP contribution in [-0.4, -0.2) is 4.98 Å². The van der Waals surface area contributed by atoms with Gasteiger partial charge >= 0.3 is 0 Å². The Morgan fingerprint density at radius 1 is 1.13 bits per heavy atom. The second-order valence-corrected chi connectivity index (χ2v) is 6.02. The third-order valence-electron chi connectivity index (χ3n) is 3.15. The number of nitrogens with zero attached hydrogens (tertiary/aromatic N) is 2. The van der Waals surface area contributed by atoms with Gasteiger partial charge in [0.25, 0.3) is 0 Å². The van der Waals surface area contributed by atoms with Crippen molar-refractivity contribution in [3.05, 3.63) is 76.2 Å². The maximum Gasteiger partial charge on any atom is 0.136 e. The third kappa shape index (κ3) is 3.78. The summed E-state index contributed by atoms with van der Waals surface area (Å²) in [6, 6.07) is 19.4. The van der Waals surface area contributed by atoms with Crippen molar-refractivity contribution in [2.24, 2.45) is 0 Å². The van der Waals surface area contributed by atoms with Crippen LogP contribution >= 0.6 is 22.9 Å². The number of anilines is 1. The fourth-order valence-corrected chi connectivity index (χ4v) is 2.90. The van der Waals surface area contributed by atoms with Crippen LogP contribution in [0.15, 0.2) is 66.2 Å². The Labute approximate surface area is 143 Å². The monoisotopic (exact) mass is 337 g/mol. The van der Waals surface area contributed by atoms with E-state index in [0.29, 0.717) is 15.6 Å². The summed E-state index contributed by atoms with van der Waals surface area (Å²) >= 11 is 7.34. The van der Waals surface area contributed by atoms with Crippen molar-refractivity contribution in [2.75, 3.05) is 5.32 Å². The van der Waals surface area contributed by atoms with Gasteiger partial charge in [-0.25, -0.2) is 4.98 Å². The number of nitriles is 1. The smallest absolute Gasteiger partial charge is 0.136 e. The van der Waals surface area contributed by atoms with Crippen molar-refractivity contribution in [2.45, 2.75) is 0 Å². The minimum atomic E-state index is 0.499. The number of nitrogens with one attached hydrogen (secondary N) is 1. The highest BCUT2D eigenvalue weighted by Crippen LogP contribution is 2.27. The average molecular weight is 338 g/mol. The van der Waals surface area contributed by atoms with Gasteiger partial charge in [-0.15, -0.1) is 11.3 Å². The second-order valence-electron chi connectivity index (χ2n) is 4.72. The van der Waals surface area contributed by atoms with Gasteiger partial charge in [0.15, 0.2) is 0 Å². The number of para-hydroxylation sites is 1. The Morgan fingerprint density at radius 3 is 2.57 bits per heavy atom. The van der Waals surface area contributed by atoms with E-state index in [1.54, 1.807) is 6.20 Å². The van der Waals surface area contributed by atoms with Crippen LogP contribution in [0.5, 0.6) is 0 Å². The molecule has 0 aliphatic heterocycles. The first-order valence-corrected chi connectivity index (χ1v) is 8.16. The van der Waals surface area contributed by atoms with Gasteiger partial charge < -0.3 is 5.32 Å². The molecular formula is C18H12ClN3S. The van der Waals surface area contributed by atoms with Gasteiger partial charge in [0, 0.05) is 27.9 Å². The Morgan fingerprint density at radius 2 is 1.87 bits per heavy atom. The van der Waals surface area contributed by atoms with Gasteiger partial charge in [-0.1, -0.05) is 41.9 Å². The minimum absolute atomic E-state index is 0.499. The maximum atomic E-state index is 9.36. The SMILES string of the molecule is N#CC(=CNc1ccccc1)c1nc(-c2ccc(Cl)cc2)cs1. The van der Waals surface area contributed by atoms with Crippen molar-refractivity contribution in [1.29, 1.82) is 5.26 Å². The van der Waals surface area contributed by atoms with E-state index in [4.69, 9.17) is 11.6 Å². The zero-order valence-corrected chi connectivity index (χ0v) is 13.6. The molecule has 0 amide bonds. The van der Waals surface area contributed by atoms with E-state index in [0.717, 1.165) is 16.9 Å². The molecule has 3 rings (SSSR count). The standard InChI is InChI=1S/C18H12ClN3S/c19-15-8-6-13(7-9-15)17-12-23-18(22-17)14(10-20)11-21-16-4-2-1-3-5-16/h1-9,11-12,21H. The molecular weight excluding hydrogens is 326 g/mol. The van der Waals surface area contributed by atoms with E-state index in [1.165, 1.54) is 11.3 Å². The van der Waals surface area contributed by atoms with E-state index in [9.17, 15) is 5.26 Å². The first-order valence-electron chi connectivity index (χ1n) is 6.90. The van der Waals surface area contributed by atoms with E-state index < -0.39 is 0 Å². The number of hydrogen-bond donors (Lipinski definition) is 1. The van der Waals surface area contributed by atoms with E-state index in [-0.39, 0.29) is 0 Å². The van der Waals surface area contributed by atoms with E-state index in [1.807, 2.05) is 60.0 Å². The van der Waals surface area contributed by atoms with E-state index in [2.05, 4.69) is 16.4 Å². The number of rotatable bonds is 4. The molecule has 1 aromatic heterocycles. The molecule has 1 N–H and O–H groups in total. The van der Waals surface area contributed by atoms with Crippen LogP contribution in [0.2, 0.25) is 5.02 Å². The predicted molar refractivity (Wildman–Crippen MR) is 96.2 cm³/mol. The molecule has 0 aliphatic carbocycles. The summed E-state index contributed by atoms with van der Waals surface area (Å²) in [4.78, 5) is 4.54. The van der Waals surface area contributed by atoms with Gasteiger partial charge in [-0.3, -0.25) is 0 Å². The fraction of sp³-hybridized carbons (Fsp3) is 0. The average Bonchev–Trinajstić information content (AvgIpc) is 3.07. The van der Waals surface area contributed by atoms with Crippen molar-refractivity contribution >= 4 is 34.2 Å². The van der Waals surface area contributed by atoms with Crippen molar-refractivity contribution < 1.29 is 0 Å². The molecule has 5 heteroatoms. The lowest BCUT2D eigenvalue weighted by Gasteiger charge is -2.00. The predicted octanol–water partition coefficient (Wildman–Crippen LogP) is 5.44. The van der Waals surface area contributed by atoms with Gasteiger partial charge in [0.1, 0.15) is 16.6 Å². The molecule has 0 fully saturated rings. The van der Waals surface area contributed by atoms with Gasteiger partial charge in [-0.2, -0.15) is 5.26 Å². The Balaban J connectivity index is 1.83. The lowest BCUT2D eigenvalue weighted by atomic mass is 10.2. The zero-order chi connectivity index (χ0) is 16.1. The molecule has 0 unspecified atom stereocenters. The normalized spacial score (nSPS) is 11.0. The Kier molecular flexibility index (Phi) is 4.72. The largest absolute Gasteiger partial charge is 0.360 e. The Bertz CT molecular complexity index is 861. The highest BCUT2D eigenvalue weighted by atomic mass is 35.5. The second kappa shape index (κ2) is 7.10. The van der Waals surface area contributed by atoms with Gasteiger partial charge in [-0.05, 0) is 24.3 Å². The molecule has 0 spiro atoms. The summed E-state index contributed by atoms with van der Waals surface area (Å²) in [7, 11) is 0. The first kappa shape index (κ1) is 15.3. The molecule has 3 nitrogen and oxygen atoms in total. The Hall–Kier alpha value is -2.61. The van der Waals surface area contributed by atoms with Gasteiger partial charge in [0.2, 0.25) is 0 Å². The van der Waals surface area contributed by atoms with Crippen molar-refractivity contribution in [3.8, 4) is 17.3 Å². The highest BCUT2D eigenvalue weighted by molar-refractivity contribution is 7.11. The molecule has 1 heterocycles. The molecule has 0 saturated heterocycles. The molecule has 0 radical (unpaired) electrons. The summed E-state index contributed by atoms with van der Waals surface area (Å²) in [5, 5.41) is 15.8. The van der Waals surface area contributed by atoms with Crippen molar-refractivity contribution in [1.82, 2.24) is 4.98 Å². The van der Waals surface area contributed by atoms with Crippen LogP contribution in [-0.2, 0) is 0 Å². The van der Waals surface area contributed by atoms with Crippen LogP contribution in [0.25, 0.3) is 16.8 Å². The lowest BCUT2D eigenvalue weighted by molar-refractivity contribution is 1.36. The van der Waals surface area contributed by atoms with Crippen molar-refractivity contribution in [3.63, 3.8) is 0 Å². The molecule has 3 aromatic rings.